The van der Waals surface area contributed by atoms with Crippen molar-refractivity contribution in [2.45, 2.75) is 51.5 Å². The number of H-pyrrole nitrogens is 1. The van der Waals surface area contributed by atoms with Crippen molar-refractivity contribution in [3.8, 4) is 0 Å². The third kappa shape index (κ3) is 2.92. The first-order valence-corrected chi connectivity index (χ1v) is 8.49. The Morgan fingerprint density at radius 1 is 1.46 bits per heavy atom. The molecule has 1 fully saturated rings. The van der Waals surface area contributed by atoms with Crippen molar-refractivity contribution in [1.29, 1.82) is 0 Å². The van der Waals surface area contributed by atoms with Gasteiger partial charge in [0.1, 0.15) is 5.41 Å². The van der Waals surface area contributed by atoms with Crippen molar-refractivity contribution in [1.82, 2.24) is 25.5 Å². The van der Waals surface area contributed by atoms with E-state index >= 15 is 0 Å². The van der Waals surface area contributed by atoms with E-state index in [1.807, 2.05) is 11.9 Å². The Balaban J connectivity index is 1.75. The zero-order chi connectivity index (χ0) is 17.3. The smallest absolute Gasteiger partial charge is 0.236 e. The van der Waals surface area contributed by atoms with Crippen molar-refractivity contribution in [2.75, 3.05) is 7.05 Å². The number of likely N-dealkylation sites (N-methyl/N-ethyl adjacent to an activating group) is 1. The lowest BCUT2D eigenvalue weighted by molar-refractivity contribution is -0.143. The molecular weight excluding hydrogens is 302 g/mol. The van der Waals surface area contributed by atoms with Gasteiger partial charge in [-0.2, -0.15) is 5.21 Å². The van der Waals surface area contributed by atoms with Crippen LogP contribution in [0.3, 0.4) is 0 Å². The first-order chi connectivity index (χ1) is 11.4. The second-order valence-electron chi connectivity index (χ2n) is 7.29. The van der Waals surface area contributed by atoms with E-state index in [2.05, 4.69) is 65.7 Å². The van der Waals surface area contributed by atoms with Crippen LogP contribution in [0.25, 0.3) is 0 Å². The molecule has 0 saturated heterocycles. The number of tetrazole rings is 1. The Labute approximate surface area is 142 Å². The molecule has 1 heterocycles. The lowest BCUT2D eigenvalue weighted by Gasteiger charge is -2.45. The van der Waals surface area contributed by atoms with Crippen molar-refractivity contribution in [3.05, 3.63) is 41.2 Å². The number of nitrogens with one attached hydrogen (secondary N) is 1. The first kappa shape index (κ1) is 16.6. The lowest BCUT2D eigenvalue weighted by atomic mass is 9.61. The van der Waals surface area contributed by atoms with Gasteiger partial charge < -0.3 is 4.90 Å². The molecule has 128 valence electrons. The molecule has 1 aliphatic rings. The Hall–Kier alpha value is -2.24. The molecule has 2 aromatic rings. The Morgan fingerprint density at radius 2 is 2.21 bits per heavy atom. The van der Waals surface area contributed by atoms with Crippen LogP contribution in [0.15, 0.2) is 24.3 Å². The number of benzene rings is 1. The third-order valence-corrected chi connectivity index (χ3v) is 5.17. The van der Waals surface area contributed by atoms with Crippen LogP contribution < -0.4 is 0 Å². The summed E-state index contributed by atoms with van der Waals surface area (Å²) < 4.78 is 0. The fourth-order valence-corrected chi connectivity index (χ4v) is 3.80. The molecule has 1 atom stereocenters. The van der Waals surface area contributed by atoms with Crippen LogP contribution in [0.1, 0.15) is 43.6 Å². The Morgan fingerprint density at radius 3 is 2.79 bits per heavy atom. The molecule has 0 aliphatic heterocycles. The van der Waals surface area contributed by atoms with Gasteiger partial charge in [-0.05, 0) is 44.6 Å². The quantitative estimate of drug-likeness (QED) is 0.914. The van der Waals surface area contributed by atoms with Gasteiger partial charge in [-0.15, -0.1) is 10.2 Å². The molecule has 0 radical (unpaired) electrons. The van der Waals surface area contributed by atoms with Gasteiger partial charge in [-0.3, -0.25) is 4.79 Å². The maximum absolute atomic E-state index is 13.2. The molecule has 6 heteroatoms. The Kier molecular flexibility index (Phi) is 4.39. The van der Waals surface area contributed by atoms with E-state index < -0.39 is 5.41 Å². The fraction of sp³-hybridized carbons (Fsp3) is 0.556. The zero-order valence-electron chi connectivity index (χ0n) is 14.8. The van der Waals surface area contributed by atoms with Crippen LogP contribution in [0.4, 0.5) is 0 Å². The lowest BCUT2D eigenvalue weighted by Crippen LogP contribution is -2.55. The molecule has 1 aromatic carbocycles. The minimum absolute atomic E-state index is 0.0992. The number of aromatic nitrogens is 4. The highest BCUT2D eigenvalue weighted by atomic mass is 16.2. The van der Waals surface area contributed by atoms with Gasteiger partial charge in [0.05, 0.1) is 0 Å². The second kappa shape index (κ2) is 6.34. The molecular formula is C18H25N5O. The average Bonchev–Trinajstić information content (AvgIpc) is 3.04. The van der Waals surface area contributed by atoms with Crippen molar-refractivity contribution in [3.63, 3.8) is 0 Å². The topological polar surface area (TPSA) is 74.8 Å². The van der Waals surface area contributed by atoms with E-state index in [0.29, 0.717) is 11.7 Å². The molecule has 1 aromatic heterocycles. The SMILES string of the molecule is Cc1cccc(CC(C)N(C)C(=O)C2(c3nn[nH]n3)CC(C)C2)c1. The zero-order valence-corrected chi connectivity index (χ0v) is 14.8. The number of nitrogens with zero attached hydrogens (tertiary/aromatic N) is 4. The van der Waals surface area contributed by atoms with Crippen molar-refractivity contribution in [2.24, 2.45) is 5.92 Å². The van der Waals surface area contributed by atoms with Crippen LogP contribution in [-0.4, -0.2) is 44.5 Å². The largest absolute Gasteiger partial charge is 0.342 e. The summed E-state index contributed by atoms with van der Waals surface area (Å²) in [6.07, 6.45) is 2.40. The summed E-state index contributed by atoms with van der Waals surface area (Å²) in [7, 11) is 1.88. The second-order valence-corrected chi connectivity index (χ2v) is 7.29. The molecule has 1 aliphatic carbocycles. The standard InChI is InChI=1S/C18H25N5O/c1-12-6-5-7-15(8-12)9-14(3)23(4)17(24)18(10-13(2)11-18)16-19-21-22-20-16/h5-8,13-14H,9-11H2,1-4H3,(H,19,20,21,22). The number of hydrogen-bond acceptors (Lipinski definition) is 4. The molecule has 1 amide bonds. The third-order valence-electron chi connectivity index (χ3n) is 5.17. The summed E-state index contributed by atoms with van der Waals surface area (Å²) >= 11 is 0. The highest BCUT2D eigenvalue weighted by Crippen LogP contribution is 2.47. The molecule has 1 N–H and O–H groups in total. The summed E-state index contributed by atoms with van der Waals surface area (Å²) in [5.41, 5.74) is 1.88. The molecule has 0 spiro atoms. The number of aryl methyl sites for hydroxylation is 1. The minimum atomic E-state index is -0.609. The van der Waals surface area contributed by atoms with E-state index in [1.165, 1.54) is 11.1 Å². The normalized spacial score (nSPS) is 24.2. The summed E-state index contributed by atoms with van der Waals surface area (Å²) in [5.74, 6) is 1.13. The van der Waals surface area contributed by atoms with E-state index in [4.69, 9.17) is 0 Å². The number of hydrogen-bond donors (Lipinski definition) is 1. The molecule has 1 unspecified atom stereocenters. The van der Waals surface area contributed by atoms with Crippen molar-refractivity contribution >= 4 is 5.91 Å². The number of rotatable bonds is 5. The predicted octanol–water partition coefficient (Wildman–Crippen LogP) is 2.27. The van der Waals surface area contributed by atoms with Gasteiger partial charge in [0.25, 0.3) is 0 Å². The van der Waals surface area contributed by atoms with Gasteiger partial charge >= 0.3 is 0 Å². The molecule has 1 saturated carbocycles. The predicted molar refractivity (Wildman–Crippen MR) is 91.4 cm³/mol. The summed E-state index contributed by atoms with van der Waals surface area (Å²) in [6, 6.07) is 8.55. The first-order valence-electron chi connectivity index (χ1n) is 8.49. The molecule has 0 bridgehead atoms. The maximum atomic E-state index is 13.2. The van der Waals surface area contributed by atoms with Gasteiger partial charge in [-0.25, -0.2) is 0 Å². The number of aromatic amines is 1. The van der Waals surface area contributed by atoms with Gasteiger partial charge in [0.15, 0.2) is 5.82 Å². The van der Waals surface area contributed by atoms with Crippen LogP contribution in [0.2, 0.25) is 0 Å². The number of carbonyl (C=O) groups excluding carboxylic acids is 1. The summed E-state index contributed by atoms with van der Waals surface area (Å²) in [4.78, 5) is 15.0. The monoisotopic (exact) mass is 327 g/mol. The van der Waals surface area contributed by atoms with E-state index in [-0.39, 0.29) is 11.9 Å². The Bertz CT molecular complexity index is 706. The highest BCUT2D eigenvalue weighted by Gasteiger charge is 2.54. The molecule has 6 nitrogen and oxygen atoms in total. The minimum Gasteiger partial charge on any atom is -0.342 e. The maximum Gasteiger partial charge on any atom is 0.236 e. The fourth-order valence-electron chi connectivity index (χ4n) is 3.80. The highest BCUT2D eigenvalue weighted by molar-refractivity contribution is 5.88. The van der Waals surface area contributed by atoms with Crippen LogP contribution >= 0.6 is 0 Å². The van der Waals surface area contributed by atoms with Crippen molar-refractivity contribution < 1.29 is 4.79 Å². The average molecular weight is 327 g/mol. The van der Waals surface area contributed by atoms with E-state index in [9.17, 15) is 4.79 Å². The van der Waals surface area contributed by atoms with E-state index in [0.717, 1.165) is 19.3 Å². The van der Waals surface area contributed by atoms with Gasteiger partial charge in [0, 0.05) is 13.1 Å². The summed E-state index contributed by atoms with van der Waals surface area (Å²) in [6.45, 7) is 6.33. The van der Waals surface area contributed by atoms with E-state index in [1.54, 1.807) is 0 Å². The van der Waals surface area contributed by atoms with Gasteiger partial charge in [-0.1, -0.05) is 42.0 Å². The summed E-state index contributed by atoms with van der Waals surface area (Å²) in [5, 5.41) is 14.4. The van der Waals surface area contributed by atoms with Crippen LogP contribution in [0, 0.1) is 12.8 Å². The number of carbonyl (C=O) groups is 1. The molecule has 24 heavy (non-hydrogen) atoms. The molecule has 3 rings (SSSR count). The van der Waals surface area contributed by atoms with Crippen LogP contribution in [-0.2, 0) is 16.6 Å². The van der Waals surface area contributed by atoms with Gasteiger partial charge in [0.2, 0.25) is 5.91 Å². The number of amides is 1. The van der Waals surface area contributed by atoms with Crippen LogP contribution in [0.5, 0.6) is 0 Å².